The molecule has 0 unspecified atom stereocenters. The monoisotopic (exact) mass is 380 g/mol. The number of hydrogen-bond donors (Lipinski definition) is 1. The highest BCUT2D eigenvalue weighted by atomic mass is 32.1. The molecule has 2 aromatic carbocycles. The zero-order valence-electron chi connectivity index (χ0n) is 16.1. The van der Waals surface area contributed by atoms with Gasteiger partial charge in [0, 0.05) is 17.5 Å². The van der Waals surface area contributed by atoms with Gasteiger partial charge in [-0.2, -0.15) is 0 Å². The van der Waals surface area contributed by atoms with E-state index < -0.39 is 0 Å². The minimum absolute atomic E-state index is 0.0911. The minimum Gasteiger partial charge on any atom is -0.497 e. The van der Waals surface area contributed by atoms with Gasteiger partial charge in [-0.25, -0.2) is 4.98 Å². The number of anilines is 1. The molecular formula is C22H24N2O2S. The molecule has 0 saturated carbocycles. The van der Waals surface area contributed by atoms with E-state index in [4.69, 9.17) is 4.74 Å². The number of aromatic nitrogens is 1. The molecule has 0 aliphatic carbocycles. The van der Waals surface area contributed by atoms with Crippen LogP contribution in [0.1, 0.15) is 47.4 Å². The molecule has 3 rings (SSSR count). The van der Waals surface area contributed by atoms with Gasteiger partial charge in [0.25, 0.3) is 5.91 Å². The molecule has 1 aromatic heterocycles. The molecule has 0 saturated heterocycles. The summed E-state index contributed by atoms with van der Waals surface area (Å²) in [6.07, 6.45) is 0.697. The number of carbonyl (C=O) groups excluding carboxylic acids is 1. The second kappa shape index (κ2) is 7.92. The van der Waals surface area contributed by atoms with Gasteiger partial charge in [0.1, 0.15) is 11.4 Å². The van der Waals surface area contributed by atoms with Crippen LogP contribution in [0.15, 0.2) is 53.9 Å². The lowest BCUT2D eigenvalue weighted by Crippen LogP contribution is -2.14. The first-order chi connectivity index (χ1) is 12.8. The Morgan fingerprint density at radius 1 is 1.07 bits per heavy atom. The van der Waals surface area contributed by atoms with Crippen LogP contribution < -0.4 is 10.1 Å². The molecule has 0 atom stereocenters. The number of ether oxygens (including phenoxy) is 1. The second-order valence-corrected chi connectivity index (χ2v) is 8.38. The van der Waals surface area contributed by atoms with E-state index in [1.54, 1.807) is 12.5 Å². The van der Waals surface area contributed by atoms with Gasteiger partial charge < -0.3 is 10.1 Å². The predicted molar refractivity (Wildman–Crippen MR) is 111 cm³/mol. The summed E-state index contributed by atoms with van der Waals surface area (Å²) in [5, 5.41) is 5.63. The van der Waals surface area contributed by atoms with Gasteiger partial charge in [-0.1, -0.05) is 45.0 Å². The molecule has 4 nitrogen and oxygen atoms in total. The molecule has 1 heterocycles. The third kappa shape index (κ3) is 4.95. The topological polar surface area (TPSA) is 51.2 Å². The number of amides is 1. The fourth-order valence-electron chi connectivity index (χ4n) is 2.66. The zero-order valence-corrected chi connectivity index (χ0v) is 16.9. The summed E-state index contributed by atoms with van der Waals surface area (Å²) in [4.78, 5) is 16.9. The van der Waals surface area contributed by atoms with Crippen molar-refractivity contribution in [1.29, 1.82) is 0 Å². The van der Waals surface area contributed by atoms with Crippen LogP contribution in [0.2, 0.25) is 0 Å². The standard InChI is InChI=1S/C22H24N2O2S/c1-22(2,3)16-7-9-17(10-8-16)23-21(25)19-14-27-20(24-19)13-15-5-11-18(26-4)12-6-15/h5-12,14H,13H2,1-4H3,(H,23,25). The molecule has 3 aromatic rings. The molecule has 0 fully saturated rings. The maximum Gasteiger partial charge on any atom is 0.275 e. The molecule has 0 bridgehead atoms. The van der Waals surface area contributed by atoms with Gasteiger partial charge >= 0.3 is 0 Å². The average molecular weight is 381 g/mol. The summed E-state index contributed by atoms with van der Waals surface area (Å²) in [7, 11) is 1.65. The van der Waals surface area contributed by atoms with Crippen molar-refractivity contribution < 1.29 is 9.53 Å². The largest absolute Gasteiger partial charge is 0.497 e. The smallest absolute Gasteiger partial charge is 0.275 e. The van der Waals surface area contributed by atoms with Gasteiger partial charge in [-0.3, -0.25) is 4.79 Å². The fraction of sp³-hybridized carbons (Fsp3) is 0.273. The zero-order chi connectivity index (χ0) is 19.4. The Balaban J connectivity index is 1.64. The lowest BCUT2D eigenvalue weighted by atomic mass is 9.87. The van der Waals surface area contributed by atoms with Crippen molar-refractivity contribution in [3.05, 3.63) is 75.7 Å². The van der Waals surface area contributed by atoms with Crippen molar-refractivity contribution in [1.82, 2.24) is 4.98 Å². The van der Waals surface area contributed by atoms with Crippen molar-refractivity contribution in [2.45, 2.75) is 32.6 Å². The lowest BCUT2D eigenvalue weighted by molar-refractivity contribution is 0.102. The summed E-state index contributed by atoms with van der Waals surface area (Å²) >= 11 is 1.50. The van der Waals surface area contributed by atoms with E-state index in [1.807, 2.05) is 48.5 Å². The maximum absolute atomic E-state index is 12.5. The lowest BCUT2D eigenvalue weighted by Gasteiger charge is -2.19. The van der Waals surface area contributed by atoms with Crippen LogP contribution in [-0.2, 0) is 11.8 Å². The summed E-state index contributed by atoms with van der Waals surface area (Å²) in [6.45, 7) is 6.50. The highest BCUT2D eigenvalue weighted by Gasteiger charge is 2.14. The molecule has 0 spiro atoms. The molecule has 5 heteroatoms. The number of rotatable bonds is 5. The van der Waals surface area contributed by atoms with Crippen LogP contribution in [0.5, 0.6) is 5.75 Å². The molecular weight excluding hydrogens is 356 g/mol. The first-order valence-electron chi connectivity index (χ1n) is 8.84. The number of benzene rings is 2. The third-order valence-electron chi connectivity index (χ3n) is 4.31. The highest BCUT2D eigenvalue weighted by Crippen LogP contribution is 2.24. The molecule has 0 radical (unpaired) electrons. The van der Waals surface area contributed by atoms with Gasteiger partial charge in [-0.15, -0.1) is 11.3 Å². The summed E-state index contributed by atoms with van der Waals surface area (Å²) in [5.74, 6) is 0.645. The number of nitrogens with one attached hydrogen (secondary N) is 1. The average Bonchev–Trinajstić information content (AvgIpc) is 3.11. The number of hydrogen-bond acceptors (Lipinski definition) is 4. The Bertz CT molecular complexity index is 907. The molecule has 0 aliphatic rings. The van der Waals surface area contributed by atoms with Gasteiger partial charge in [0.05, 0.1) is 12.1 Å². The molecule has 1 amide bonds. The first kappa shape index (κ1) is 19.1. The quantitative estimate of drug-likeness (QED) is 0.654. The Morgan fingerprint density at radius 2 is 1.74 bits per heavy atom. The van der Waals surface area contributed by atoms with E-state index in [9.17, 15) is 4.79 Å². The third-order valence-corrected chi connectivity index (χ3v) is 5.16. The van der Waals surface area contributed by atoms with E-state index in [0.29, 0.717) is 12.1 Å². The van der Waals surface area contributed by atoms with Crippen molar-refractivity contribution >= 4 is 22.9 Å². The fourth-order valence-corrected chi connectivity index (χ4v) is 3.47. The number of carbonyl (C=O) groups is 1. The van der Waals surface area contributed by atoms with Gasteiger partial charge in [0.2, 0.25) is 0 Å². The van der Waals surface area contributed by atoms with Crippen LogP contribution in [0.4, 0.5) is 5.69 Å². The summed E-state index contributed by atoms with van der Waals surface area (Å²) < 4.78 is 5.17. The highest BCUT2D eigenvalue weighted by molar-refractivity contribution is 7.09. The molecule has 140 valence electrons. The van der Waals surface area contributed by atoms with Crippen LogP contribution >= 0.6 is 11.3 Å². The van der Waals surface area contributed by atoms with Crippen molar-refractivity contribution in [2.75, 3.05) is 12.4 Å². The number of nitrogens with zero attached hydrogens (tertiary/aromatic N) is 1. The molecule has 1 N–H and O–H groups in total. The van der Waals surface area contributed by atoms with E-state index in [0.717, 1.165) is 22.0 Å². The maximum atomic E-state index is 12.5. The van der Waals surface area contributed by atoms with Gasteiger partial charge in [0.15, 0.2) is 0 Å². The van der Waals surface area contributed by atoms with E-state index in [1.165, 1.54) is 16.9 Å². The van der Waals surface area contributed by atoms with E-state index in [-0.39, 0.29) is 11.3 Å². The van der Waals surface area contributed by atoms with Crippen LogP contribution in [0.25, 0.3) is 0 Å². The second-order valence-electron chi connectivity index (χ2n) is 7.43. The number of methoxy groups -OCH3 is 1. The predicted octanol–water partition coefficient (Wildman–Crippen LogP) is 5.29. The van der Waals surface area contributed by atoms with Gasteiger partial charge in [-0.05, 0) is 40.8 Å². The van der Waals surface area contributed by atoms with E-state index in [2.05, 4.69) is 31.1 Å². The SMILES string of the molecule is COc1ccc(Cc2nc(C(=O)Nc3ccc(C(C)(C)C)cc3)cs2)cc1. The molecule has 27 heavy (non-hydrogen) atoms. The Labute approximate surface area is 164 Å². The number of thiazole rings is 1. The van der Waals surface area contributed by atoms with Crippen molar-refractivity contribution in [2.24, 2.45) is 0 Å². The minimum atomic E-state index is -0.185. The summed E-state index contributed by atoms with van der Waals surface area (Å²) in [6, 6.07) is 15.8. The van der Waals surface area contributed by atoms with Crippen LogP contribution in [0, 0.1) is 0 Å². The Morgan fingerprint density at radius 3 is 2.33 bits per heavy atom. The van der Waals surface area contributed by atoms with Crippen LogP contribution in [0.3, 0.4) is 0 Å². The first-order valence-corrected chi connectivity index (χ1v) is 9.72. The molecule has 0 aliphatic heterocycles. The Hall–Kier alpha value is -2.66. The Kier molecular flexibility index (Phi) is 5.61. The normalized spacial score (nSPS) is 11.3. The van der Waals surface area contributed by atoms with Crippen molar-refractivity contribution in [3.8, 4) is 5.75 Å². The summed E-state index contributed by atoms with van der Waals surface area (Å²) in [5.41, 5.74) is 3.68. The van der Waals surface area contributed by atoms with E-state index >= 15 is 0 Å². The van der Waals surface area contributed by atoms with Crippen molar-refractivity contribution in [3.63, 3.8) is 0 Å². The van der Waals surface area contributed by atoms with Crippen LogP contribution in [-0.4, -0.2) is 18.0 Å².